The zero-order valence-corrected chi connectivity index (χ0v) is 16.9. The van der Waals surface area contributed by atoms with Crippen LogP contribution in [0.25, 0.3) is 0 Å². The monoisotopic (exact) mass is 367 g/mol. The van der Waals surface area contributed by atoms with E-state index in [1.807, 2.05) is 0 Å². The van der Waals surface area contributed by atoms with E-state index in [1.54, 1.807) is 0 Å². The molecule has 0 amide bonds. The number of nitrogens with zero attached hydrogens (tertiary/aromatic N) is 1. The number of hydrogen-bond acceptors (Lipinski definition) is 1. The van der Waals surface area contributed by atoms with Gasteiger partial charge in [-0.3, -0.25) is 4.90 Å². The van der Waals surface area contributed by atoms with E-state index in [9.17, 15) is 4.39 Å². The summed E-state index contributed by atoms with van der Waals surface area (Å²) in [5.41, 5.74) is 4.21. The minimum atomic E-state index is -0.569. The second kappa shape index (κ2) is 10.0. The second-order valence-electron chi connectivity index (χ2n) is 8.34. The Morgan fingerprint density at radius 2 is 1.56 bits per heavy atom. The lowest BCUT2D eigenvalue weighted by Crippen LogP contribution is -2.31. The van der Waals surface area contributed by atoms with Gasteiger partial charge in [-0.2, -0.15) is 0 Å². The van der Waals surface area contributed by atoms with Gasteiger partial charge in [0.1, 0.15) is 6.17 Å². The molecule has 27 heavy (non-hydrogen) atoms. The smallest absolute Gasteiger partial charge is 0.100 e. The van der Waals surface area contributed by atoms with Crippen LogP contribution in [0, 0.1) is 0 Å². The van der Waals surface area contributed by atoms with E-state index in [0.717, 1.165) is 45.2 Å². The summed E-state index contributed by atoms with van der Waals surface area (Å²) < 4.78 is 13.3. The Morgan fingerprint density at radius 1 is 0.889 bits per heavy atom. The normalized spacial score (nSPS) is 20.3. The van der Waals surface area contributed by atoms with Crippen LogP contribution < -0.4 is 0 Å². The molecule has 0 unspecified atom stereocenters. The molecular formula is C25H34FN. The number of halogens is 1. The fraction of sp³-hybridized carbons (Fsp3) is 0.520. The maximum Gasteiger partial charge on any atom is 0.100 e. The summed E-state index contributed by atoms with van der Waals surface area (Å²) in [5, 5.41) is 0. The molecule has 1 aliphatic rings. The van der Waals surface area contributed by atoms with E-state index >= 15 is 0 Å². The molecule has 0 aromatic heterocycles. The van der Waals surface area contributed by atoms with Crippen molar-refractivity contribution in [2.75, 3.05) is 6.54 Å². The summed E-state index contributed by atoms with van der Waals surface area (Å²) >= 11 is 0. The molecule has 0 bridgehead atoms. The summed E-state index contributed by atoms with van der Waals surface area (Å²) in [6.45, 7) is 6.71. The van der Waals surface area contributed by atoms with Crippen molar-refractivity contribution in [1.82, 2.24) is 4.90 Å². The Bertz CT molecular complexity index is 656. The van der Waals surface area contributed by atoms with Crippen molar-refractivity contribution in [3.63, 3.8) is 0 Å². The van der Waals surface area contributed by atoms with Gasteiger partial charge in [-0.05, 0) is 81.5 Å². The van der Waals surface area contributed by atoms with Gasteiger partial charge in [-0.25, -0.2) is 4.39 Å². The van der Waals surface area contributed by atoms with Crippen molar-refractivity contribution in [3.05, 3.63) is 71.3 Å². The quantitative estimate of drug-likeness (QED) is 0.513. The third kappa shape index (κ3) is 6.17. The fourth-order valence-corrected chi connectivity index (χ4v) is 4.17. The number of aryl methyl sites for hydroxylation is 1. The zero-order chi connectivity index (χ0) is 19.1. The lowest BCUT2D eigenvalue weighted by molar-refractivity contribution is 0.210. The molecule has 0 aliphatic heterocycles. The van der Waals surface area contributed by atoms with Crippen LogP contribution in [0.1, 0.15) is 68.6 Å². The fourth-order valence-electron chi connectivity index (χ4n) is 4.17. The van der Waals surface area contributed by atoms with E-state index in [2.05, 4.69) is 73.3 Å². The largest absolute Gasteiger partial charge is 0.297 e. The van der Waals surface area contributed by atoms with Crippen LogP contribution in [-0.4, -0.2) is 23.7 Å². The number of rotatable bonds is 8. The van der Waals surface area contributed by atoms with Gasteiger partial charge >= 0.3 is 0 Å². The lowest BCUT2D eigenvalue weighted by Gasteiger charge is -2.26. The van der Waals surface area contributed by atoms with Gasteiger partial charge in [0.2, 0.25) is 0 Å². The summed E-state index contributed by atoms with van der Waals surface area (Å²) in [6.07, 6.45) is 5.21. The van der Waals surface area contributed by atoms with Crippen LogP contribution in [0.4, 0.5) is 4.39 Å². The molecule has 0 radical (unpaired) electrons. The Kier molecular flexibility index (Phi) is 7.46. The highest BCUT2D eigenvalue weighted by Crippen LogP contribution is 2.34. The van der Waals surface area contributed by atoms with E-state index in [-0.39, 0.29) is 0 Å². The van der Waals surface area contributed by atoms with Gasteiger partial charge in [0.25, 0.3) is 0 Å². The predicted molar refractivity (Wildman–Crippen MR) is 113 cm³/mol. The standard InChI is InChI=1S/C25H34FN/c1-20(2)27(19-22-7-4-3-5-8-22)18-6-9-21-10-12-23(13-11-21)24-14-16-25(26)17-15-24/h3-5,7-8,10-13,20,24-25H,6,9,14-19H2,1-2H3. The summed E-state index contributed by atoms with van der Waals surface area (Å²) in [4.78, 5) is 2.55. The van der Waals surface area contributed by atoms with Crippen LogP contribution in [0.2, 0.25) is 0 Å². The molecule has 0 heterocycles. The highest BCUT2D eigenvalue weighted by Gasteiger charge is 2.21. The molecule has 1 saturated carbocycles. The molecule has 3 rings (SSSR count). The molecule has 2 aromatic rings. The Hall–Kier alpha value is -1.67. The van der Waals surface area contributed by atoms with Gasteiger partial charge in [0, 0.05) is 12.6 Å². The molecule has 0 atom stereocenters. The summed E-state index contributed by atoms with van der Waals surface area (Å²) in [7, 11) is 0. The van der Waals surface area contributed by atoms with Gasteiger partial charge < -0.3 is 0 Å². The van der Waals surface area contributed by atoms with Crippen LogP contribution in [-0.2, 0) is 13.0 Å². The van der Waals surface area contributed by atoms with Crippen molar-refractivity contribution >= 4 is 0 Å². The van der Waals surface area contributed by atoms with Gasteiger partial charge in [0.05, 0.1) is 0 Å². The molecule has 146 valence electrons. The Balaban J connectivity index is 1.47. The molecular weight excluding hydrogens is 333 g/mol. The van der Waals surface area contributed by atoms with Gasteiger partial charge in [0.15, 0.2) is 0 Å². The summed E-state index contributed by atoms with van der Waals surface area (Å²) in [6, 6.07) is 20.4. The molecule has 0 N–H and O–H groups in total. The number of hydrogen-bond donors (Lipinski definition) is 0. The SMILES string of the molecule is CC(C)N(CCCc1ccc(C2CCC(F)CC2)cc1)Cc1ccccc1. The molecule has 1 fully saturated rings. The van der Waals surface area contributed by atoms with E-state index < -0.39 is 6.17 Å². The predicted octanol–water partition coefficient (Wildman–Crippen LogP) is 6.53. The summed E-state index contributed by atoms with van der Waals surface area (Å²) in [5.74, 6) is 0.563. The Labute approximate surface area is 164 Å². The minimum Gasteiger partial charge on any atom is -0.297 e. The molecule has 2 heteroatoms. The third-order valence-corrected chi connectivity index (χ3v) is 5.98. The topological polar surface area (TPSA) is 3.24 Å². The van der Waals surface area contributed by atoms with Gasteiger partial charge in [-0.1, -0.05) is 54.6 Å². The average molecular weight is 368 g/mol. The van der Waals surface area contributed by atoms with Crippen molar-refractivity contribution in [2.45, 2.75) is 77.0 Å². The van der Waals surface area contributed by atoms with Crippen molar-refractivity contribution in [2.24, 2.45) is 0 Å². The third-order valence-electron chi connectivity index (χ3n) is 5.98. The Morgan fingerprint density at radius 3 is 2.19 bits per heavy atom. The van der Waals surface area contributed by atoms with Crippen LogP contribution in [0.3, 0.4) is 0 Å². The first-order valence-corrected chi connectivity index (χ1v) is 10.6. The lowest BCUT2D eigenvalue weighted by atomic mass is 9.83. The van der Waals surface area contributed by atoms with Crippen LogP contribution >= 0.6 is 0 Å². The maximum atomic E-state index is 13.3. The maximum absolute atomic E-state index is 13.3. The second-order valence-corrected chi connectivity index (χ2v) is 8.34. The number of benzene rings is 2. The van der Waals surface area contributed by atoms with E-state index in [4.69, 9.17) is 0 Å². The molecule has 1 aliphatic carbocycles. The molecule has 0 spiro atoms. The van der Waals surface area contributed by atoms with Crippen molar-refractivity contribution in [1.29, 1.82) is 0 Å². The first-order valence-electron chi connectivity index (χ1n) is 10.6. The highest BCUT2D eigenvalue weighted by atomic mass is 19.1. The highest BCUT2D eigenvalue weighted by molar-refractivity contribution is 5.26. The van der Waals surface area contributed by atoms with E-state index in [1.165, 1.54) is 23.1 Å². The zero-order valence-electron chi connectivity index (χ0n) is 16.9. The molecule has 0 saturated heterocycles. The van der Waals surface area contributed by atoms with Crippen molar-refractivity contribution in [3.8, 4) is 0 Å². The van der Waals surface area contributed by atoms with Crippen LogP contribution in [0.15, 0.2) is 54.6 Å². The van der Waals surface area contributed by atoms with Gasteiger partial charge in [-0.15, -0.1) is 0 Å². The number of alkyl halides is 1. The molecule has 2 aromatic carbocycles. The first-order chi connectivity index (χ1) is 13.1. The average Bonchev–Trinajstić information content (AvgIpc) is 2.69. The van der Waals surface area contributed by atoms with Crippen LogP contribution in [0.5, 0.6) is 0 Å². The molecule has 1 nitrogen and oxygen atoms in total. The minimum absolute atomic E-state index is 0.554. The van der Waals surface area contributed by atoms with E-state index in [0.29, 0.717) is 12.0 Å². The first kappa shape index (κ1) is 20.1. The van der Waals surface area contributed by atoms with Crippen molar-refractivity contribution < 1.29 is 4.39 Å².